The summed E-state index contributed by atoms with van der Waals surface area (Å²) in [7, 11) is 0. The van der Waals surface area contributed by atoms with Crippen LogP contribution in [-0.2, 0) is 16.1 Å². The van der Waals surface area contributed by atoms with Gasteiger partial charge in [-0.1, -0.05) is 36.4 Å². The highest BCUT2D eigenvalue weighted by Crippen LogP contribution is 2.33. The first-order chi connectivity index (χ1) is 13.7. The molecule has 0 radical (unpaired) electrons. The van der Waals surface area contributed by atoms with Gasteiger partial charge in [-0.3, -0.25) is 9.59 Å². The number of pyridine rings is 1. The Morgan fingerprint density at radius 2 is 1.79 bits per heavy atom. The third-order valence-electron chi connectivity index (χ3n) is 4.29. The second-order valence-electron chi connectivity index (χ2n) is 6.14. The van der Waals surface area contributed by atoms with Crippen molar-refractivity contribution in [1.29, 1.82) is 0 Å². The van der Waals surface area contributed by atoms with Crippen LogP contribution in [0.2, 0.25) is 0 Å². The molecule has 0 saturated carbocycles. The molecule has 0 fully saturated rings. The molecule has 3 heterocycles. The van der Waals surface area contributed by atoms with Crippen molar-refractivity contribution in [1.82, 2.24) is 19.4 Å². The van der Waals surface area contributed by atoms with Crippen molar-refractivity contribution < 1.29 is 9.53 Å². The Morgan fingerprint density at radius 3 is 2.57 bits per heavy atom. The van der Waals surface area contributed by atoms with Crippen LogP contribution in [0.3, 0.4) is 0 Å². The van der Waals surface area contributed by atoms with Crippen molar-refractivity contribution >= 4 is 11.5 Å². The summed E-state index contributed by atoms with van der Waals surface area (Å²) < 4.78 is 7.84. The third kappa shape index (κ3) is 3.29. The number of ether oxygens (including phenoxy) is 1. The molecule has 7 nitrogen and oxygen atoms in total. The summed E-state index contributed by atoms with van der Waals surface area (Å²) in [5.41, 5.74) is 3.53. The molecule has 4 aromatic rings. The third-order valence-corrected chi connectivity index (χ3v) is 4.29. The van der Waals surface area contributed by atoms with Gasteiger partial charge in [-0.2, -0.15) is 10.2 Å². The molecule has 0 aliphatic carbocycles. The molecule has 1 aromatic carbocycles. The molecule has 0 atom stereocenters. The van der Waals surface area contributed by atoms with Gasteiger partial charge in [0.1, 0.15) is 12.2 Å². The lowest BCUT2D eigenvalue weighted by atomic mass is 10.0. The van der Waals surface area contributed by atoms with Crippen molar-refractivity contribution in [3.8, 4) is 22.5 Å². The van der Waals surface area contributed by atoms with Gasteiger partial charge in [0, 0.05) is 17.8 Å². The lowest BCUT2D eigenvalue weighted by molar-refractivity contribution is -0.144. The Labute approximate surface area is 160 Å². The van der Waals surface area contributed by atoms with E-state index in [1.54, 1.807) is 17.5 Å². The van der Waals surface area contributed by atoms with Crippen LogP contribution in [0.4, 0.5) is 0 Å². The van der Waals surface area contributed by atoms with Crippen LogP contribution in [0.5, 0.6) is 0 Å². The van der Waals surface area contributed by atoms with Crippen molar-refractivity contribution in [2.24, 2.45) is 0 Å². The summed E-state index contributed by atoms with van der Waals surface area (Å²) in [6.45, 7) is 1.73. The zero-order valence-corrected chi connectivity index (χ0v) is 15.3. The van der Waals surface area contributed by atoms with Crippen LogP contribution < -0.4 is 5.56 Å². The van der Waals surface area contributed by atoms with Crippen molar-refractivity contribution in [2.45, 2.75) is 13.5 Å². The predicted molar refractivity (Wildman–Crippen MR) is 105 cm³/mol. The number of rotatable bonds is 5. The van der Waals surface area contributed by atoms with Crippen molar-refractivity contribution in [2.75, 3.05) is 6.61 Å². The molecular weight excluding hydrogens is 356 g/mol. The molecule has 0 amide bonds. The van der Waals surface area contributed by atoms with E-state index in [4.69, 9.17) is 9.84 Å². The fourth-order valence-electron chi connectivity index (χ4n) is 3.07. The first kappa shape index (κ1) is 17.7. The molecule has 0 N–H and O–H groups in total. The number of fused-ring (bicyclic) bond motifs is 1. The number of aromatic nitrogens is 4. The molecular formula is C21H18N4O3. The number of nitrogens with zero attached hydrogens (tertiary/aromatic N) is 4. The molecule has 140 valence electrons. The highest BCUT2D eigenvalue weighted by Gasteiger charge is 2.18. The fraction of sp³-hybridized carbons (Fsp3) is 0.143. The number of hydrogen-bond acceptors (Lipinski definition) is 5. The zero-order valence-electron chi connectivity index (χ0n) is 15.3. The van der Waals surface area contributed by atoms with E-state index < -0.39 is 5.97 Å². The minimum absolute atomic E-state index is 0.236. The molecule has 0 bridgehead atoms. The molecule has 4 rings (SSSR count). The minimum atomic E-state index is -0.502. The highest BCUT2D eigenvalue weighted by molar-refractivity contribution is 5.90. The summed E-state index contributed by atoms with van der Waals surface area (Å²) in [5.74, 6) is -0.502. The number of hydrogen-bond donors (Lipinski definition) is 0. The summed E-state index contributed by atoms with van der Waals surface area (Å²) in [5, 5.41) is 9.12. The lowest BCUT2D eigenvalue weighted by Gasteiger charge is -2.08. The number of benzene rings is 1. The molecule has 0 spiro atoms. The Kier molecular flexibility index (Phi) is 4.72. The average molecular weight is 374 g/mol. The number of carbonyl (C=O) groups is 1. The Bertz CT molecular complexity index is 1200. The maximum Gasteiger partial charge on any atom is 0.327 e. The van der Waals surface area contributed by atoms with Gasteiger partial charge in [0.2, 0.25) is 0 Å². The maximum atomic E-state index is 12.2. The van der Waals surface area contributed by atoms with E-state index in [0.717, 1.165) is 27.0 Å². The van der Waals surface area contributed by atoms with Crippen LogP contribution in [-0.4, -0.2) is 32.0 Å². The second kappa shape index (κ2) is 7.48. The standard InChI is InChI=1S/C21H18N4O3/c1-2-28-19(27)14-25-18(26)12-11-16(22-25)20-17-10-6-7-13-24(17)23-21(20)15-8-4-3-5-9-15/h3-13H,2,14H2,1H3. The number of carbonyl (C=O) groups excluding carboxylic acids is 1. The largest absolute Gasteiger partial charge is 0.465 e. The van der Waals surface area contributed by atoms with Gasteiger partial charge < -0.3 is 4.74 Å². The predicted octanol–water partition coefficient (Wildman–Crippen LogP) is 2.79. The monoisotopic (exact) mass is 374 g/mol. The Hall–Kier alpha value is -3.74. The molecule has 3 aromatic heterocycles. The van der Waals surface area contributed by atoms with Crippen LogP contribution >= 0.6 is 0 Å². The molecule has 0 aliphatic rings. The lowest BCUT2D eigenvalue weighted by Crippen LogP contribution is -2.27. The molecule has 0 saturated heterocycles. The van der Waals surface area contributed by atoms with Crippen molar-refractivity contribution in [3.05, 3.63) is 77.2 Å². The summed E-state index contributed by atoms with van der Waals surface area (Å²) in [4.78, 5) is 24.0. The average Bonchev–Trinajstić information content (AvgIpc) is 3.10. The number of esters is 1. The molecule has 7 heteroatoms. The van der Waals surface area contributed by atoms with Crippen LogP contribution in [0, 0.1) is 0 Å². The van der Waals surface area contributed by atoms with E-state index in [1.807, 2.05) is 54.7 Å². The second-order valence-corrected chi connectivity index (χ2v) is 6.14. The first-order valence-corrected chi connectivity index (χ1v) is 8.94. The van der Waals surface area contributed by atoms with Crippen LogP contribution in [0.25, 0.3) is 28.0 Å². The topological polar surface area (TPSA) is 78.5 Å². The van der Waals surface area contributed by atoms with Gasteiger partial charge in [-0.15, -0.1) is 0 Å². The van der Waals surface area contributed by atoms with E-state index in [2.05, 4.69) is 5.10 Å². The Balaban J connectivity index is 1.89. The van der Waals surface area contributed by atoms with E-state index in [-0.39, 0.29) is 18.7 Å². The summed E-state index contributed by atoms with van der Waals surface area (Å²) in [6.07, 6.45) is 1.86. The van der Waals surface area contributed by atoms with Crippen LogP contribution in [0.1, 0.15) is 6.92 Å². The Morgan fingerprint density at radius 1 is 1.00 bits per heavy atom. The highest BCUT2D eigenvalue weighted by atomic mass is 16.5. The quantitative estimate of drug-likeness (QED) is 0.502. The van der Waals surface area contributed by atoms with Gasteiger partial charge in [-0.05, 0) is 25.1 Å². The maximum absolute atomic E-state index is 12.2. The summed E-state index contributed by atoms with van der Waals surface area (Å²) >= 11 is 0. The van der Waals surface area contributed by atoms with Crippen LogP contribution in [0.15, 0.2) is 71.7 Å². The normalized spacial score (nSPS) is 10.9. The first-order valence-electron chi connectivity index (χ1n) is 8.94. The van der Waals surface area contributed by atoms with Gasteiger partial charge in [0.05, 0.1) is 23.4 Å². The van der Waals surface area contributed by atoms with Crippen molar-refractivity contribution in [3.63, 3.8) is 0 Å². The van der Waals surface area contributed by atoms with Gasteiger partial charge in [-0.25, -0.2) is 9.20 Å². The summed E-state index contributed by atoms with van der Waals surface area (Å²) in [6, 6.07) is 18.6. The molecule has 0 aliphatic heterocycles. The van der Waals surface area contributed by atoms with E-state index in [1.165, 1.54) is 6.07 Å². The van der Waals surface area contributed by atoms with E-state index in [9.17, 15) is 9.59 Å². The fourth-order valence-corrected chi connectivity index (χ4v) is 3.07. The SMILES string of the molecule is CCOC(=O)Cn1nc(-c2c(-c3ccccc3)nn3ccccc23)ccc1=O. The van der Waals surface area contributed by atoms with Gasteiger partial charge in [0.25, 0.3) is 5.56 Å². The molecule has 28 heavy (non-hydrogen) atoms. The molecule has 0 unspecified atom stereocenters. The van der Waals surface area contributed by atoms with E-state index in [0.29, 0.717) is 5.69 Å². The zero-order chi connectivity index (χ0) is 19.5. The smallest absolute Gasteiger partial charge is 0.327 e. The van der Waals surface area contributed by atoms with Gasteiger partial charge >= 0.3 is 5.97 Å². The van der Waals surface area contributed by atoms with E-state index >= 15 is 0 Å². The minimum Gasteiger partial charge on any atom is -0.465 e. The van der Waals surface area contributed by atoms with Gasteiger partial charge in [0.15, 0.2) is 0 Å².